The number of hydrogen-bond donors (Lipinski definition) is 0. The third kappa shape index (κ3) is 3.98. The standard InChI is InChI=1S/C6H5NO3.Na.H/c8-7(9)10-6-4-2-1-3-5-6;;/h1-5H;;. The van der Waals surface area contributed by atoms with Crippen LogP contribution < -0.4 is 4.84 Å². The van der Waals surface area contributed by atoms with Crippen molar-refractivity contribution in [3.05, 3.63) is 40.4 Å². The van der Waals surface area contributed by atoms with E-state index in [1.54, 1.807) is 18.2 Å². The summed E-state index contributed by atoms with van der Waals surface area (Å²) in [4.78, 5) is 13.9. The maximum absolute atomic E-state index is 9.75. The van der Waals surface area contributed by atoms with E-state index in [9.17, 15) is 10.1 Å². The Balaban J connectivity index is 0.000001000. The van der Waals surface area contributed by atoms with E-state index in [0.29, 0.717) is 0 Å². The summed E-state index contributed by atoms with van der Waals surface area (Å²) < 4.78 is 0. The van der Waals surface area contributed by atoms with Crippen LogP contribution in [0.4, 0.5) is 0 Å². The van der Waals surface area contributed by atoms with E-state index < -0.39 is 5.09 Å². The molecule has 0 aliphatic heterocycles. The number of para-hydroxylation sites is 1. The van der Waals surface area contributed by atoms with Crippen LogP contribution in [0.3, 0.4) is 0 Å². The van der Waals surface area contributed by atoms with Gasteiger partial charge in [-0.1, -0.05) is 18.2 Å². The van der Waals surface area contributed by atoms with Crippen molar-refractivity contribution in [2.45, 2.75) is 0 Å². The van der Waals surface area contributed by atoms with Gasteiger partial charge in [0, 0.05) is 0 Å². The van der Waals surface area contributed by atoms with Gasteiger partial charge in [0.2, 0.25) is 0 Å². The molecule has 54 valence electrons. The fraction of sp³-hybridized carbons (Fsp3) is 0. The van der Waals surface area contributed by atoms with Crippen LogP contribution in [-0.2, 0) is 0 Å². The van der Waals surface area contributed by atoms with E-state index in [0.717, 1.165) is 0 Å². The third-order valence-electron chi connectivity index (χ3n) is 0.923. The fourth-order valence-electron chi connectivity index (χ4n) is 0.567. The van der Waals surface area contributed by atoms with Gasteiger partial charge in [0.15, 0.2) is 0 Å². The van der Waals surface area contributed by atoms with Crippen LogP contribution in [0.15, 0.2) is 30.3 Å². The van der Waals surface area contributed by atoms with Crippen molar-refractivity contribution in [1.29, 1.82) is 0 Å². The summed E-state index contributed by atoms with van der Waals surface area (Å²) in [6.45, 7) is 0. The van der Waals surface area contributed by atoms with Gasteiger partial charge in [-0.3, -0.25) is 4.84 Å². The van der Waals surface area contributed by atoms with Gasteiger partial charge in [-0.2, -0.15) is 0 Å². The Hall–Kier alpha value is -0.580. The summed E-state index contributed by atoms with van der Waals surface area (Å²) in [5, 5.41) is 8.91. The zero-order chi connectivity index (χ0) is 7.40. The molecule has 0 amide bonds. The molecule has 4 nitrogen and oxygen atoms in total. The van der Waals surface area contributed by atoms with E-state index in [-0.39, 0.29) is 35.3 Å². The van der Waals surface area contributed by atoms with Gasteiger partial charge in [0.1, 0.15) is 5.75 Å². The quantitative estimate of drug-likeness (QED) is 0.364. The molecular formula is C6H6NNaO3. The summed E-state index contributed by atoms with van der Waals surface area (Å²) >= 11 is 0. The Morgan fingerprint density at radius 2 is 1.82 bits per heavy atom. The van der Waals surface area contributed by atoms with Crippen molar-refractivity contribution in [2.24, 2.45) is 0 Å². The van der Waals surface area contributed by atoms with Crippen LogP contribution in [0, 0.1) is 10.1 Å². The molecule has 1 aromatic carbocycles. The Kier molecular flexibility index (Phi) is 4.85. The van der Waals surface area contributed by atoms with Crippen molar-refractivity contribution in [1.82, 2.24) is 0 Å². The second-order valence-corrected chi connectivity index (χ2v) is 1.63. The molecule has 0 aliphatic rings. The van der Waals surface area contributed by atoms with E-state index in [2.05, 4.69) is 4.84 Å². The summed E-state index contributed by atoms with van der Waals surface area (Å²) in [5.41, 5.74) is 0. The number of rotatable bonds is 2. The van der Waals surface area contributed by atoms with E-state index >= 15 is 0 Å². The van der Waals surface area contributed by atoms with Crippen LogP contribution in [0.5, 0.6) is 5.75 Å². The fourth-order valence-corrected chi connectivity index (χ4v) is 0.567. The predicted molar refractivity (Wildman–Crippen MR) is 41.2 cm³/mol. The third-order valence-corrected chi connectivity index (χ3v) is 0.923. The van der Waals surface area contributed by atoms with Gasteiger partial charge in [-0.15, -0.1) is 10.1 Å². The molecule has 0 unspecified atom stereocenters. The topological polar surface area (TPSA) is 52.4 Å². The first-order valence-corrected chi connectivity index (χ1v) is 2.66. The van der Waals surface area contributed by atoms with Crippen LogP contribution in [-0.4, -0.2) is 34.6 Å². The van der Waals surface area contributed by atoms with Gasteiger partial charge in [0.25, 0.3) is 5.09 Å². The summed E-state index contributed by atoms with van der Waals surface area (Å²) in [6.07, 6.45) is 0. The molecule has 0 fully saturated rings. The average molecular weight is 163 g/mol. The molecule has 0 atom stereocenters. The molecule has 1 aromatic rings. The zero-order valence-electron chi connectivity index (χ0n) is 5.06. The second-order valence-electron chi connectivity index (χ2n) is 1.63. The zero-order valence-corrected chi connectivity index (χ0v) is 5.06. The molecule has 0 saturated carbocycles. The number of nitrogens with zero attached hydrogens (tertiary/aromatic N) is 1. The average Bonchev–Trinajstić information content (AvgIpc) is 1.88. The Bertz CT molecular complexity index is 227. The molecule has 1 rings (SSSR count). The van der Waals surface area contributed by atoms with Crippen LogP contribution in [0.2, 0.25) is 0 Å². The first-order chi connectivity index (χ1) is 4.79. The van der Waals surface area contributed by atoms with E-state index in [1.165, 1.54) is 12.1 Å². The Labute approximate surface area is 85.6 Å². The summed E-state index contributed by atoms with van der Waals surface area (Å²) in [6, 6.07) is 8.12. The van der Waals surface area contributed by atoms with Crippen LogP contribution in [0.1, 0.15) is 0 Å². The van der Waals surface area contributed by atoms with Crippen molar-refractivity contribution in [2.75, 3.05) is 0 Å². The van der Waals surface area contributed by atoms with Gasteiger partial charge in [-0.05, 0) is 12.1 Å². The first kappa shape index (κ1) is 10.4. The predicted octanol–water partition coefficient (Wildman–Crippen LogP) is 0.609. The molecule has 0 radical (unpaired) electrons. The molecule has 0 heterocycles. The molecule has 5 heteroatoms. The van der Waals surface area contributed by atoms with Crippen LogP contribution in [0.25, 0.3) is 0 Å². The summed E-state index contributed by atoms with van der Waals surface area (Å²) in [7, 11) is 0. The molecule has 11 heavy (non-hydrogen) atoms. The van der Waals surface area contributed by atoms with Crippen LogP contribution >= 0.6 is 0 Å². The molecule has 0 aromatic heterocycles. The second kappa shape index (κ2) is 5.12. The minimum absolute atomic E-state index is 0. The first-order valence-electron chi connectivity index (χ1n) is 2.66. The van der Waals surface area contributed by atoms with Crippen molar-refractivity contribution >= 4 is 29.6 Å². The van der Waals surface area contributed by atoms with Crippen molar-refractivity contribution in [3.8, 4) is 5.75 Å². The van der Waals surface area contributed by atoms with Crippen molar-refractivity contribution < 1.29 is 9.92 Å². The Morgan fingerprint density at radius 1 is 1.27 bits per heavy atom. The molecule has 0 saturated heterocycles. The van der Waals surface area contributed by atoms with Gasteiger partial charge in [0.05, 0.1) is 0 Å². The van der Waals surface area contributed by atoms with E-state index in [1.807, 2.05) is 0 Å². The van der Waals surface area contributed by atoms with Gasteiger partial charge < -0.3 is 0 Å². The monoisotopic (exact) mass is 163 g/mol. The molecular weight excluding hydrogens is 157 g/mol. The molecule has 0 aliphatic carbocycles. The van der Waals surface area contributed by atoms with Crippen molar-refractivity contribution in [3.63, 3.8) is 0 Å². The Morgan fingerprint density at radius 3 is 2.27 bits per heavy atom. The molecule has 0 spiro atoms. The SMILES string of the molecule is O=[N+]([O-])Oc1ccccc1.[NaH]. The number of benzene rings is 1. The summed E-state index contributed by atoms with van der Waals surface area (Å²) in [5.74, 6) is 0.243. The number of hydrogen-bond acceptors (Lipinski definition) is 3. The normalized spacial score (nSPS) is 8.00. The van der Waals surface area contributed by atoms with E-state index in [4.69, 9.17) is 0 Å². The minimum atomic E-state index is -0.838. The van der Waals surface area contributed by atoms with Gasteiger partial charge in [-0.25, -0.2) is 0 Å². The van der Waals surface area contributed by atoms with Gasteiger partial charge >= 0.3 is 29.6 Å². The molecule has 0 bridgehead atoms. The maximum atomic E-state index is 9.75. The molecule has 0 N–H and O–H groups in total.